The van der Waals surface area contributed by atoms with Crippen molar-refractivity contribution >= 4 is 5.91 Å². The molecular weight excluding hydrogens is 321 g/mol. The Morgan fingerprint density at radius 1 is 1.20 bits per heavy atom. The number of rotatable bonds is 3. The van der Waals surface area contributed by atoms with Crippen LogP contribution in [0.15, 0.2) is 34.9 Å². The van der Waals surface area contributed by atoms with Crippen LogP contribution >= 0.6 is 0 Å². The average molecular weight is 343 g/mol. The number of carbonyl (C=O) groups is 1. The second-order valence-electron chi connectivity index (χ2n) is 6.95. The molecule has 0 spiro atoms. The molecule has 3 heterocycles. The molecule has 5 nitrogen and oxygen atoms in total. The van der Waals surface area contributed by atoms with Gasteiger partial charge in [0.1, 0.15) is 5.82 Å². The van der Waals surface area contributed by atoms with Gasteiger partial charge in [-0.05, 0) is 51.4 Å². The van der Waals surface area contributed by atoms with Crippen LogP contribution in [0, 0.1) is 5.82 Å². The van der Waals surface area contributed by atoms with Crippen molar-refractivity contribution in [1.82, 2.24) is 15.0 Å². The third-order valence-corrected chi connectivity index (χ3v) is 5.45. The Balaban J connectivity index is 1.56. The van der Waals surface area contributed by atoms with E-state index >= 15 is 0 Å². The van der Waals surface area contributed by atoms with Crippen molar-refractivity contribution in [1.29, 1.82) is 0 Å². The molecule has 0 saturated carbocycles. The number of nitrogens with zero attached hydrogens (tertiary/aromatic N) is 3. The molecule has 2 saturated heterocycles. The van der Waals surface area contributed by atoms with Crippen LogP contribution in [-0.4, -0.2) is 53.1 Å². The van der Waals surface area contributed by atoms with E-state index < -0.39 is 0 Å². The summed E-state index contributed by atoms with van der Waals surface area (Å²) in [4.78, 5) is 17.2. The number of likely N-dealkylation sites (N-methyl/N-ethyl adjacent to an activating group) is 1. The summed E-state index contributed by atoms with van der Waals surface area (Å²) in [6.07, 6.45) is 4.35. The molecule has 6 heteroatoms. The highest BCUT2D eigenvalue weighted by Gasteiger charge is 2.39. The van der Waals surface area contributed by atoms with Crippen LogP contribution in [0.3, 0.4) is 0 Å². The normalized spacial score (nSPS) is 24.2. The first-order valence-electron chi connectivity index (χ1n) is 8.88. The van der Waals surface area contributed by atoms with E-state index in [4.69, 9.17) is 4.52 Å². The van der Waals surface area contributed by atoms with Crippen LogP contribution in [0.25, 0.3) is 11.3 Å². The summed E-state index contributed by atoms with van der Waals surface area (Å²) in [5.41, 5.74) is 0.577. The lowest BCUT2D eigenvalue weighted by Crippen LogP contribution is -2.47. The van der Waals surface area contributed by atoms with Crippen LogP contribution in [0.2, 0.25) is 0 Å². The molecule has 4 rings (SSSR count). The van der Waals surface area contributed by atoms with Crippen LogP contribution in [-0.2, 0) is 0 Å². The number of likely N-dealkylation sites (tertiary alicyclic amines) is 2. The number of hydrogen-bond acceptors (Lipinski definition) is 4. The third-order valence-electron chi connectivity index (χ3n) is 5.45. The van der Waals surface area contributed by atoms with Crippen LogP contribution in [0.5, 0.6) is 0 Å². The number of halogens is 1. The average Bonchev–Trinajstić information content (AvgIpc) is 3.34. The zero-order chi connectivity index (χ0) is 17.4. The summed E-state index contributed by atoms with van der Waals surface area (Å²) >= 11 is 0. The van der Waals surface area contributed by atoms with Crippen molar-refractivity contribution in [2.24, 2.45) is 0 Å². The predicted molar refractivity (Wildman–Crippen MR) is 91.6 cm³/mol. The Hall–Kier alpha value is -2.21. The molecule has 25 heavy (non-hydrogen) atoms. The van der Waals surface area contributed by atoms with Crippen molar-refractivity contribution in [3.8, 4) is 11.3 Å². The standard InChI is InChI=1S/C19H22FN3O2/c1-22-10-4-8-16(22)17-9-5-11-23(17)19(24)15-12-18(25-21-15)13-6-2-3-7-14(13)20/h2-3,6-7,12,16-17H,4-5,8-11H2,1H3/t16-,17-/m1/s1. The van der Waals surface area contributed by atoms with Crippen molar-refractivity contribution in [2.45, 2.75) is 37.8 Å². The van der Waals surface area contributed by atoms with E-state index in [1.807, 2.05) is 4.90 Å². The first-order chi connectivity index (χ1) is 12.1. The molecule has 0 N–H and O–H groups in total. The second kappa shape index (κ2) is 6.59. The fraction of sp³-hybridized carbons (Fsp3) is 0.474. The van der Waals surface area contributed by atoms with E-state index in [2.05, 4.69) is 17.1 Å². The fourth-order valence-corrected chi connectivity index (χ4v) is 4.18. The van der Waals surface area contributed by atoms with Crippen LogP contribution < -0.4 is 0 Å². The number of aromatic nitrogens is 1. The first-order valence-corrected chi connectivity index (χ1v) is 8.88. The lowest BCUT2D eigenvalue weighted by molar-refractivity contribution is 0.0654. The van der Waals surface area contributed by atoms with E-state index in [1.54, 1.807) is 24.3 Å². The summed E-state index contributed by atoms with van der Waals surface area (Å²) in [6.45, 7) is 1.83. The molecule has 2 fully saturated rings. The quantitative estimate of drug-likeness (QED) is 0.859. The van der Waals surface area contributed by atoms with Gasteiger partial charge in [0.2, 0.25) is 0 Å². The molecule has 2 aliphatic heterocycles. The highest BCUT2D eigenvalue weighted by molar-refractivity contribution is 5.93. The van der Waals surface area contributed by atoms with Crippen molar-refractivity contribution in [3.05, 3.63) is 41.8 Å². The van der Waals surface area contributed by atoms with Gasteiger partial charge in [-0.15, -0.1) is 0 Å². The minimum atomic E-state index is -0.385. The Morgan fingerprint density at radius 3 is 2.72 bits per heavy atom. The Labute approximate surface area is 146 Å². The number of benzene rings is 1. The minimum absolute atomic E-state index is 0.117. The van der Waals surface area contributed by atoms with Gasteiger partial charge in [-0.3, -0.25) is 4.79 Å². The van der Waals surface area contributed by atoms with Gasteiger partial charge in [-0.25, -0.2) is 4.39 Å². The maximum absolute atomic E-state index is 13.9. The third kappa shape index (κ3) is 2.95. The van der Waals surface area contributed by atoms with E-state index in [1.165, 1.54) is 12.5 Å². The van der Waals surface area contributed by atoms with E-state index in [-0.39, 0.29) is 29.2 Å². The summed E-state index contributed by atoms with van der Waals surface area (Å²) in [6, 6.07) is 8.54. The highest BCUT2D eigenvalue weighted by Crippen LogP contribution is 2.31. The van der Waals surface area contributed by atoms with Gasteiger partial charge >= 0.3 is 0 Å². The number of amides is 1. The Bertz CT molecular complexity index is 776. The molecule has 2 aromatic rings. The van der Waals surface area contributed by atoms with Crippen molar-refractivity contribution < 1.29 is 13.7 Å². The maximum Gasteiger partial charge on any atom is 0.276 e. The largest absolute Gasteiger partial charge is 0.355 e. The molecule has 2 aliphatic rings. The number of carbonyl (C=O) groups excluding carboxylic acids is 1. The maximum atomic E-state index is 13.9. The molecule has 0 radical (unpaired) electrons. The lowest BCUT2D eigenvalue weighted by atomic mass is 10.0. The predicted octanol–water partition coefficient (Wildman–Crippen LogP) is 3.18. The molecular formula is C19H22FN3O2. The lowest BCUT2D eigenvalue weighted by Gasteiger charge is -2.32. The summed E-state index contributed by atoms with van der Waals surface area (Å²) in [5.74, 6) is -0.214. The summed E-state index contributed by atoms with van der Waals surface area (Å²) < 4.78 is 19.2. The topological polar surface area (TPSA) is 49.6 Å². The SMILES string of the molecule is CN1CCC[C@@H]1[C@H]1CCCN1C(=O)c1cc(-c2ccccc2F)on1. The minimum Gasteiger partial charge on any atom is -0.355 e. The van der Waals surface area contributed by atoms with Crippen LogP contribution in [0.1, 0.15) is 36.2 Å². The number of hydrogen-bond donors (Lipinski definition) is 0. The van der Waals surface area contributed by atoms with E-state index in [9.17, 15) is 9.18 Å². The van der Waals surface area contributed by atoms with Gasteiger partial charge in [-0.1, -0.05) is 17.3 Å². The molecule has 1 aromatic carbocycles. The molecule has 1 aromatic heterocycles. The van der Waals surface area contributed by atoms with Gasteiger partial charge in [0.15, 0.2) is 11.5 Å². The molecule has 132 valence electrons. The Kier molecular flexibility index (Phi) is 4.29. The van der Waals surface area contributed by atoms with Gasteiger partial charge < -0.3 is 14.3 Å². The molecule has 2 atom stereocenters. The summed E-state index contributed by atoms with van der Waals surface area (Å²) in [7, 11) is 2.13. The van der Waals surface area contributed by atoms with Gasteiger partial charge in [0, 0.05) is 24.7 Å². The summed E-state index contributed by atoms with van der Waals surface area (Å²) in [5, 5.41) is 3.91. The van der Waals surface area contributed by atoms with E-state index in [0.717, 1.165) is 32.4 Å². The van der Waals surface area contributed by atoms with Gasteiger partial charge in [0.05, 0.1) is 5.56 Å². The zero-order valence-electron chi connectivity index (χ0n) is 14.3. The van der Waals surface area contributed by atoms with Gasteiger partial charge in [0.25, 0.3) is 5.91 Å². The fourth-order valence-electron chi connectivity index (χ4n) is 4.18. The van der Waals surface area contributed by atoms with Gasteiger partial charge in [-0.2, -0.15) is 0 Å². The monoisotopic (exact) mass is 343 g/mol. The van der Waals surface area contributed by atoms with Crippen molar-refractivity contribution in [3.63, 3.8) is 0 Å². The Morgan fingerprint density at radius 2 is 1.96 bits per heavy atom. The molecule has 1 amide bonds. The van der Waals surface area contributed by atoms with Crippen LogP contribution in [0.4, 0.5) is 4.39 Å². The zero-order valence-corrected chi connectivity index (χ0v) is 14.3. The molecule has 0 unspecified atom stereocenters. The van der Waals surface area contributed by atoms with E-state index in [0.29, 0.717) is 11.6 Å². The molecule has 0 bridgehead atoms. The molecule has 0 aliphatic carbocycles. The second-order valence-corrected chi connectivity index (χ2v) is 6.95. The van der Waals surface area contributed by atoms with Crippen molar-refractivity contribution in [2.75, 3.05) is 20.1 Å². The first kappa shape index (κ1) is 16.3. The highest BCUT2D eigenvalue weighted by atomic mass is 19.1. The smallest absolute Gasteiger partial charge is 0.276 e.